The van der Waals surface area contributed by atoms with Crippen molar-refractivity contribution in [1.29, 1.82) is 0 Å². The topological polar surface area (TPSA) is 214 Å². The van der Waals surface area contributed by atoms with E-state index in [4.69, 9.17) is 39.4 Å². The molecule has 50 heavy (non-hydrogen) atoms. The standard InChI is InChI=1S/C30H33ClN7O11P/c1-3-4-9-24-32-28(31)25(37(24)14-18-10-12-19(13-11-18)20-7-5-6-8-21(20)29-33-35-36-34-29)30(39)46-17-47-50(42,43-2)49-23-16-45-26-22(48-38(40)41)15-44-27(23)26/h5-8,10-13,22-23,26-27H,3-4,9,14-17H2,1-2H3,(H,33,34,35,36)/t22-,23+,26-,27+,50?/m1/s1. The van der Waals surface area contributed by atoms with Crippen LogP contribution in [0.2, 0.25) is 5.15 Å². The Hall–Kier alpha value is -4.29. The second-order valence-corrected chi connectivity index (χ2v) is 13.4. The van der Waals surface area contributed by atoms with Gasteiger partial charge in [-0.15, -0.1) is 15.2 Å². The van der Waals surface area contributed by atoms with Gasteiger partial charge >= 0.3 is 13.8 Å². The summed E-state index contributed by atoms with van der Waals surface area (Å²) < 4.78 is 47.1. The van der Waals surface area contributed by atoms with Crippen molar-refractivity contribution in [2.45, 2.75) is 57.1 Å². The van der Waals surface area contributed by atoms with E-state index < -0.39 is 50.1 Å². The molecule has 0 amide bonds. The first-order chi connectivity index (χ1) is 24.2. The van der Waals surface area contributed by atoms with Crippen LogP contribution in [0.25, 0.3) is 22.5 Å². The molecule has 4 heterocycles. The number of H-pyrrole nitrogens is 1. The molecule has 4 aromatic rings. The Morgan fingerprint density at radius 3 is 2.52 bits per heavy atom. The van der Waals surface area contributed by atoms with Gasteiger partial charge in [0.2, 0.25) is 6.79 Å². The first-order valence-electron chi connectivity index (χ1n) is 15.6. The normalized spacial score (nSPS) is 21.1. The van der Waals surface area contributed by atoms with Crippen molar-refractivity contribution in [3.8, 4) is 22.5 Å². The Labute approximate surface area is 290 Å². The lowest BCUT2D eigenvalue weighted by Gasteiger charge is -2.22. The van der Waals surface area contributed by atoms with Crippen LogP contribution in [-0.4, -0.2) is 92.8 Å². The molecule has 5 atom stereocenters. The number of halogens is 1. The lowest BCUT2D eigenvalue weighted by atomic mass is 9.98. The number of ether oxygens (including phenoxy) is 3. The molecule has 2 fully saturated rings. The number of esters is 1. The number of imidazole rings is 1. The summed E-state index contributed by atoms with van der Waals surface area (Å²) in [6, 6.07) is 15.5. The molecular formula is C30H33ClN7O11P. The van der Waals surface area contributed by atoms with Crippen molar-refractivity contribution in [3.05, 3.63) is 80.9 Å². The number of carbonyl (C=O) groups excluding carboxylic acids is 1. The number of hydrogen-bond donors (Lipinski definition) is 1. The fraction of sp³-hybridized carbons (Fsp3) is 0.433. The van der Waals surface area contributed by atoms with Gasteiger partial charge in [0.15, 0.2) is 22.8 Å². The fourth-order valence-corrected chi connectivity index (χ4v) is 6.99. The van der Waals surface area contributed by atoms with E-state index in [1.807, 2.05) is 55.5 Å². The highest BCUT2D eigenvalue weighted by Gasteiger charge is 2.52. The maximum Gasteiger partial charge on any atom is 0.477 e. The molecule has 1 unspecified atom stereocenters. The van der Waals surface area contributed by atoms with E-state index in [1.54, 1.807) is 4.57 Å². The molecule has 20 heteroatoms. The smallest absolute Gasteiger partial charge is 0.433 e. The van der Waals surface area contributed by atoms with Gasteiger partial charge in [0, 0.05) is 25.6 Å². The van der Waals surface area contributed by atoms with E-state index in [2.05, 4.69) is 30.4 Å². The van der Waals surface area contributed by atoms with Crippen LogP contribution in [0.1, 0.15) is 41.6 Å². The summed E-state index contributed by atoms with van der Waals surface area (Å²) in [4.78, 5) is 33.2. The summed E-state index contributed by atoms with van der Waals surface area (Å²) in [6.45, 7) is 1.23. The average molecular weight is 734 g/mol. The maximum absolute atomic E-state index is 13.4. The molecule has 2 aromatic heterocycles. The van der Waals surface area contributed by atoms with Gasteiger partial charge in [-0.05, 0) is 33.5 Å². The van der Waals surface area contributed by atoms with Gasteiger partial charge in [0.05, 0.1) is 13.2 Å². The second-order valence-electron chi connectivity index (χ2n) is 11.3. The van der Waals surface area contributed by atoms with Gasteiger partial charge in [-0.25, -0.2) is 24.0 Å². The number of nitrogens with one attached hydrogen (secondary N) is 1. The minimum absolute atomic E-state index is 0.00926. The lowest BCUT2D eigenvalue weighted by molar-refractivity contribution is -0.769. The van der Waals surface area contributed by atoms with E-state index in [0.717, 1.165) is 42.2 Å². The van der Waals surface area contributed by atoms with E-state index in [9.17, 15) is 19.5 Å². The van der Waals surface area contributed by atoms with Crippen LogP contribution < -0.4 is 0 Å². The van der Waals surface area contributed by atoms with Crippen LogP contribution in [0.5, 0.6) is 0 Å². The lowest BCUT2D eigenvalue weighted by Crippen LogP contribution is -2.34. The van der Waals surface area contributed by atoms with E-state index in [1.165, 1.54) is 0 Å². The molecule has 2 aliphatic heterocycles. The van der Waals surface area contributed by atoms with E-state index in [0.29, 0.717) is 18.1 Å². The third-order valence-electron chi connectivity index (χ3n) is 8.16. The number of phosphoric ester groups is 1. The minimum Gasteiger partial charge on any atom is -0.433 e. The van der Waals surface area contributed by atoms with Crippen LogP contribution in [0.3, 0.4) is 0 Å². The molecule has 266 valence electrons. The number of hydrogen-bond acceptors (Lipinski definition) is 15. The summed E-state index contributed by atoms with van der Waals surface area (Å²) in [5, 5.41) is 24.0. The number of carbonyl (C=O) groups is 1. The number of nitrogens with zero attached hydrogens (tertiary/aromatic N) is 6. The largest absolute Gasteiger partial charge is 0.477 e. The highest BCUT2D eigenvalue weighted by Crippen LogP contribution is 2.51. The maximum atomic E-state index is 13.4. The number of tetrazole rings is 1. The van der Waals surface area contributed by atoms with Crippen molar-refractivity contribution >= 4 is 25.4 Å². The third-order valence-corrected chi connectivity index (χ3v) is 9.82. The molecular weight excluding hydrogens is 701 g/mol. The Kier molecular flexibility index (Phi) is 11.2. The first kappa shape index (κ1) is 35.5. The zero-order valence-corrected chi connectivity index (χ0v) is 28.5. The molecule has 18 nitrogen and oxygen atoms in total. The molecule has 2 saturated heterocycles. The number of benzene rings is 2. The number of aromatic amines is 1. The Balaban J connectivity index is 1.13. The molecule has 2 aliphatic rings. The molecule has 1 N–H and O–H groups in total. The van der Waals surface area contributed by atoms with Gasteiger partial charge in [-0.3, -0.25) is 9.05 Å². The second kappa shape index (κ2) is 15.7. The molecule has 0 saturated carbocycles. The zero-order chi connectivity index (χ0) is 35.3. The van der Waals surface area contributed by atoms with Crippen LogP contribution in [0.4, 0.5) is 0 Å². The van der Waals surface area contributed by atoms with Gasteiger partial charge in [-0.2, -0.15) is 0 Å². The molecule has 0 spiro atoms. The predicted octanol–water partition coefficient (Wildman–Crippen LogP) is 4.42. The molecule has 0 bridgehead atoms. The third kappa shape index (κ3) is 7.86. The number of aromatic nitrogens is 6. The summed E-state index contributed by atoms with van der Waals surface area (Å²) >= 11 is 6.49. The van der Waals surface area contributed by atoms with Gasteiger partial charge in [0.25, 0.3) is 5.09 Å². The van der Waals surface area contributed by atoms with Crippen molar-refractivity contribution in [2.24, 2.45) is 0 Å². The fourth-order valence-electron chi connectivity index (χ4n) is 5.77. The predicted molar refractivity (Wildman–Crippen MR) is 172 cm³/mol. The number of aryl methyl sites for hydroxylation is 1. The Morgan fingerprint density at radius 2 is 1.84 bits per heavy atom. The molecule has 6 rings (SSSR count). The molecule has 0 radical (unpaired) electrons. The number of rotatable bonds is 16. The SMILES string of the molecule is CCCCc1nc(Cl)c(C(=O)OCOP(=O)(OC)O[C@H]2CO[C@H]3[C@H]2OC[C@H]3O[N+](=O)[O-])n1Cc1ccc(-c2ccccc2-c2nnn[nH]2)cc1. The average Bonchev–Trinajstić information content (AvgIpc) is 3.91. The number of fused-ring (bicyclic) bond motifs is 1. The van der Waals surface area contributed by atoms with Crippen molar-refractivity contribution < 1.29 is 47.1 Å². The van der Waals surface area contributed by atoms with Crippen LogP contribution in [-0.2, 0) is 50.2 Å². The molecule has 2 aromatic carbocycles. The van der Waals surface area contributed by atoms with Crippen molar-refractivity contribution in [1.82, 2.24) is 30.2 Å². The summed E-state index contributed by atoms with van der Waals surface area (Å²) in [5.41, 5.74) is 3.55. The van der Waals surface area contributed by atoms with Crippen molar-refractivity contribution in [3.63, 3.8) is 0 Å². The van der Waals surface area contributed by atoms with Gasteiger partial charge in [0.1, 0.15) is 24.1 Å². The summed E-state index contributed by atoms with van der Waals surface area (Å²) in [7, 11) is -3.22. The highest BCUT2D eigenvalue weighted by molar-refractivity contribution is 7.48. The van der Waals surface area contributed by atoms with Crippen molar-refractivity contribution in [2.75, 3.05) is 27.1 Å². The van der Waals surface area contributed by atoms with Gasteiger partial charge < -0.3 is 23.6 Å². The summed E-state index contributed by atoms with van der Waals surface area (Å²) in [6.07, 6.45) is -1.31. The first-order valence-corrected chi connectivity index (χ1v) is 17.4. The summed E-state index contributed by atoms with van der Waals surface area (Å²) in [5.74, 6) is 0.262. The number of phosphoric acid groups is 1. The van der Waals surface area contributed by atoms with E-state index in [-0.39, 0.29) is 30.6 Å². The minimum atomic E-state index is -4.31. The van der Waals surface area contributed by atoms with Crippen LogP contribution in [0.15, 0.2) is 48.5 Å². The number of unbranched alkanes of at least 4 members (excludes halogenated alkanes) is 1. The van der Waals surface area contributed by atoms with Gasteiger partial charge in [-0.1, -0.05) is 73.5 Å². The monoisotopic (exact) mass is 733 g/mol. The quantitative estimate of drug-likeness (QED) is 0.0555. The Bertz CT molecular complexity index is 1840. The highest BCUT2D eigenvalue weighted by atomic mass is 35.5. The van der Waals surface area contributed by atoms with E-state index >= 15 is 0 Å². The Morgan fingerprint density at radius 1 is 1.12 bits per heavy atom. The van der Waals surface area contributed by atoms with Crippen LogP contribution >= 0.6 is 19.4 Å². The molecule has 0 aliphatic carbocycles. The van der Waals surface area contributed by atoms with Crippen LogP contribution in [0, 0.1) is 10.1 Å². The zero-order valence-electron chi connectivity index (χ0n) is 26.9.